The molecule has 202 valence electrons. The van der Waals surface area contributed by atoms with Crippen molar-refractivity contribution in [3.63, 3.8) is 0 Å². The van der Waals surface area contributed by atoms with Crippen LogP contribution >= 0.6 is 25.7 Å². The second kappa shape index (κ2) is 14.5. The first-order valence-electron chi connectivity index (χ1n) is 13.8. The van der Waals surface area contributed by atoms with Crippen LogP contribution in [0.3, 0.4) is 0 Å². The Morgan fingerprint density at radius 3 is 0.829 bits per heavy atom. The highest BCUT2D eigenvalue weighted by molar-refractivity contribution is 7.72. The summed E-state index contributed by atoms with van der Waals surface area (Å²) in [5, 5.41) is 5.68. The van der Waals surface area contributed by atoms with E-state index in [0.29, 0.717) is 0 Å². The smallest absolute Gasteiger partial charge is 0.00136 e. The predicted molar refractivity (Wildman–Crippen MR) is 189 cm³/mol. The summed E-state index contributed by atoms with van der Waals surface area (Å²) in [5.41, 5.74) is 5.54. The maximum absolute atomic E-state index is 2.34. The molecule has 3 heteroatoms. The van der Waals surface area contributed by atoms with E-state index < -0.39 is 15.8 Å². The van der Waals surface area contributed by atoms with Gasteiger partial charge in [-0.25, -0.2) is 0 Å². The standard InChI is InChI=1S/C38H32P2.H3P/c1-5-19-33(20-6-1)39(34-21-7-2-8-22-34)29-31-17-13-15-27-37(31)38-28-16-14-18-32(38)30-40(35-23-9-3-10-24-35)36-25-11-4-12-26-36;/h1-28H,29-30H2;1H3. The van der Waals surface area contributed by atoms with Gasteiger partial charge in [-0.05, 0) is 59.3 Å². The molecule has 0 bridgehead atoms. The Morgan fingerprint density at radius 2 is 0.537 bits per heavy atom. The summed E-state index contributed by atoms with van der Waals surface area (Å²) >= 11 is 0. The summed E-state index contributed by atoms with van der Waals surface area (Å²) in [7, 11) is -1.06. The molecule has 0 aliphatic carbocycles. The van der Waals surface area contributed by atoms with E-state index >= 15 is 0 Å². The topological polar surface area (TPSA) is 0 Å². The van der Waals surface area contributed by atoms with Crippen molar-refractivity contribution in [2.45, 2.75) is 12.3 Å². The van der Waals surface area contributed by atoms with Gasteiger partial charge in [0.1, 0.15) is 0 Å². The molecular weight excluding hydrogens is 549 g/mol. The zero-order chi connectivity index (χ0) is 27.0. The molecule has 0 amide bonds. The molecule has 0 saturated heterocycles. The SMILES string of the molecule is P.c1ccc(P(Cc2ccccc2-c2ccccc2CP(c2ccccc2)c2ccccc2)c2ccccc2)cc1. The van der Waals surface area contributed by atoms with Crippen LogP contribution in [0.15, 0.2) is 170 Å². The maximum atomic E-state index is 2.34. The molecule has 0 nitrogen and oxygen atoms in total. The first kappa shape index (κ1) is 29.1. The molecule has 0 spiro atoms. The quantitative estimate of drug-likeness (QED) is 0.149. The lowest BCUT2D eigenvalue weighted by molar-refractivity contribution is 1.35. The molecule has 0 N–H and O–H groups in total. The lowest BCUT2D eigenvalue weighted by Gasteiger charge is -2.23. The van der Waals surface area contributed by atoms with Gasteiger partial charge in [0.2, 0.25) is 0 Å². The molecule has 41 heavy (non-hydrogen) atoms. The van der Waals surface area contributed by atoms with E-state index in [1.807, 2.05) is 0 Å². The van der Waals surface area contributed by atoms with Crippen LogP contribution in [0.4, 0.5) is 0 Å². The molecule has 0 aliphatic heterocycles. The highest BCUT2D eigenvalue weighted by Gasteiger charge is 2.20. The van der Waals surface area contributed by atoms with Gasteiger partial charge < -0.3 is 0 Å². The fourth-order valence-electron chi connectivity index (χ4n) is 5.28. The predicted octanol–water partition coefficient (Wildman–Crippen LogP) is 8.68. The van der Waals surface area contributed by atoms with Gasteiger partial charge in [0.25, 0.3) is 0 Å². The van der Waals surface area contributed by atoms with Gasteiger partial charge in [-0.2, -0.15) is 9.90 Å². The molecule has 0 fully saturated rings. The highest BCUT2D eigenvalue weighted by atomic mass is 31.1. The van der Waals surface area contributed by atoms with Crippen LogP contribution in [0.2, 0.25) is 0 Å². The van der Waals surface area contributed by atoms with Crippen LogP contribution in [0.1, 0.15) is 11.1 Å². The third-order valence-corrected chi connectivity index (χ3v) is 12.3. The van der Waals surface area contributed by atoms with Gasteiger partial charge in [0, 0.05) is 12.3 Å². The summed E-state index contributed by atoms with van der Waals surface area (Å²) in [4.78, 5) is 0. The number of hydrogen-bond acceptors (Lipinski definition) is 0. The Kier molecular flexibility index (Phi) is 10.3. The fourth-order valence-corrected chi connectivity index (χ4v) is 9.97. The summed E-state index contributed by atoms with van der Waals surface area (Å²) in [6.07, 6.45) is 2.03. The number of benzene rings is 6. The van der Waals surface area contributed by atoms with Gasteiger partial charge in [0.15, 0.2) is 0 Å². The Bertz CT molecular complexity index is 1430. The second-order valence-corrected chi connectivity index (χ2v) is 14.2. The third-order valence-electron chi connectivity index (χ3n) is 7.25. The molecule has 0 aliphatic rings. The van der Waals surface area contributed by atoms with Gasteiger partial charge in [-0.1, -0.05) is 170 Å². The van der Waals surface area contributed by atoms with Crippen molar-refractivity contribution in [2.75, 3.05) is 0 Å². The lowest BCUT2D eigenvalue weighted by atomic mass is 9.97. The van der Waals surface area contributed by atoms with E-state index in [2.05, 4.69) is 170 Å². The van der Waals surface area contributed by atoms with Gasteiger partial charge >= 0.3 is 0 Å². The van der Waals surface area contributed by atoms with E-state index in [1.54, 1.807) is 0 Å². The molecular formula is C38H35P3. The molecule has 6 rings (SSSR count). The molecule has 0 radical (unpaired) electrons. The molecule has 1 unspecified atom stereocenters. The molecule has 0 heterocycles. The van der Waals surface area contributed by atoms with Crippen LogP contribution in [0.5, 0.6) is 0 Å². The lowest BCUT2D eigenvalue weighted by Crippen LogP contribution is -2.14. The van der Waals surface area contributed by atoms with E-state index in [0.717, 1.165) is 12.3 Å². The van der Waals surface area contributed by atoms with Crippen LogP contribution in [-0.2, 0) is 12.3 Å². The average molecular weight is 585 g/mol. The highest BCUT2D eigenvalue weighted by Crippen LogP contribution is 2.44. The molecule has 6 aromatic carbocycles. The van der Waals surface area contributed by atoms with Gasteiger partial charge in [-0.15, -0.1) is 0 Å². The Hall–Kier alpha value is -3.39. The van der Waals surface area contributed by atoms with E-state index in [-0.39, 0.29) is 9.90 Å². The first-order chi connectivity index (χ1) is 19.9. The monoisotopic (exact) mass is 584 g/mol. The van der Waals surface area contributed by atoms with Crippen molar-refractivity contribution in [3.8, 4) is 11.1 Å². The van der Waals surface area contributed by atoms with Gasteiger partial charge in [-0.3, -0.25) is 0 Å². The largest absolute Gasteiger partial charge is 0.153 e. The van der Waals surface area contributed by atoms with Crippen molar-refractivity contribution in [1.29, 1.82) is 0 Å². The minimum Gasteiger partial charge on any atom is -0.153 e. The van der Waals surface area contributed by atoms with Gasteiger partial charge in [0.05, 0.1) is 0 Å². The Balaban J connectivity index is 0.00000337. The molecule has 6 aromatic rings. The Morgan fingerprint density at radius 1 is 0.293 bits per heavy atom. The molecule has 1 atom stereocenters. The summed E-state index contributed by atoms with van der Waals surface area (Å²) in [5.74, 6) is 0. The summed E-state index contributed by atoms with van der Waals surface area (Å²) < 4.78 is 0. The Labute approximate surface area is 250 Å². The minimum atomic E-state index is -0.528. The van der Waals surface area contributed by atoms with Crippen LogP contribution < -0.4 is 21.2 Å². The fraction of sp³-hybridized carbons (Fsp3) is 0.0526. The first-order valence-corrected chi connectivity index (χ1v) is 16.8. The van der Waals surface area contributed by atoms with E-state index in [9.17, 15) is 0 Å². The summed E-state index contributed by atoms with van der Waals surface area (Å²) in [6.45, 7) is 0. The normalized spacial score (nSPS) is 10.9. The van der Waals surface area contributed by atoms with Crippen molar-refractivity contribution < 1.29 is 0 Å². The minimum absolute atomic E-state index is 0. The number of rotatable bonds is 9. The van der Waals surface area contributed by atoms with Crippen LogP contribution in [-0.4, -0.2) is 0 Å². The zero-order valence-corrected chi connectivity index (χ0v) is 26.4. The average Bonchev–Trinajstić information content (AvgIpc) is 3.04. The summed E-state index contributed by atoms with van der Waals surface area (Å²) in [6, 6.07) is 62.3. The molecule has 0 aromatic heterocycles. The van der Waals surface area contributed by atoms with Crippen molar-refractivity contribution in [1.82, 2.24) is 0 Å². The maximum Gasteiger partial charge on any atom is 0.00136 e. The molecule has 0 saturated carbocycles. The van der Waals surface area contributed by atoms with E-state index in [1.165, 1.54) is 43.5 Å². The second-order valence-electron chi connectivity index (χ2n) is 9.83. The van der Waals surface area contributed by atoms with Crippen molar-refractivity contribution in [2.24, 2.45) is 0 Å². The van der Waals surface area contributed by atoms with Crippen molar-refractivity contribution in [3.05, 3.63) is 181 Å². The zero-order valence-electron chi connectivity index (χ0n) is 23.2. The van der Waals surface area contributed by atoms with Crippen LogP contribution in [0.25, 0.3) is 11.1 Å². The van der Waals surface area contributed by atoms with Crippen LogP contribution in [0, 0.1) is 0 Å². The third kappa shape index (κ3) is 7.10. The number of hydrogen-bond donors (Lipinski definition) is 0. The van der Waals surface area contributed by atoms with Crippen molar-refractivity contribution >= 4 is 47.0 Å². The van der Waals surface area contributed by atoms with E-state index in [4.69, 9.17) is 0 Å².